The fraction of sp³-hybridized carbons (Fsp3) is 0.250. The van der Waals surface area contributed by atoms with Crippen LogP contribution in [0.5, 0.6) is 0 Å². The van der Waals surface area contributed by atoms with Crippen molar-refractivity contribution in [2.45, 2.75) is 19.6 Å². The maximum absolute atomic E-state index is 11.2. The molecule has 1 aromatic carbocycles. The lowest BCUT2D eigenvalue weighted by Crippen LogP contribution is -2.14. The summed E-state index contributed by atoms with van der Waals surface area (Å²) in [6, 6.07) is 6.72. The van der Waals surface area contributed by atoms with Crippen LogP contribution in [0.4, 0.5) is 5.69 Å². The van der Waals surface area contributed by atoms with Gasteiger partial charge in [-0.15, -0.1) is 5.10 Å². The second-order valence-electron chi connectivity index (χ2n) is 4.24. The zero-order chi connectivity index (χ0) is 14.0. The van der Waals surface area contributed by atoms with Crippen LogP contribution >= 0.6 is 0 Å². The van der Waals surface area contributed by atoms with Gasteiger partial charge >= 0.3 is 5.97 Å². The molecule has 0 aliphatic carbocycles. The van der Waals surface area contributed by atoms with Crippen LogP contribution in [0.3, 0.4) is 0 Å². The number of hydrogen-bond donors (Lipinski definition) is 3. The monoisotopic (exact) mass is 262 g/mol. The SMILES string of the molecule is CC(O)Cn1nnc(C(=O)O)c1-c1ccc(N)cc1. The lowest BCUT2D eigenvalue weighted by atomic mass is 10.1. The fourth-order valence-electron chi connectivity index (χ4n) is 1.76. The highest BCUT2D eigenvalue weighted by Gasteiger charge is 2.21. The summed E-state index contributed by atoms with van der Waals surface area (Å²) in [4.78, 5) is 11.2. The van der Waals surface area contributed by atoms with E-state index >= 15 is 0 Å². The number of aliphatic hydroxyl groups is 1. The predicted octanol–water partition coefficient (Wildman–Crippen LogP) is 0.606. The number of aliphatic hydroxyl groups excluding tert-OH is 1. The lowest BCUT2D eigenvalue weighted by Gasteiger charge is -2.09. The molecule has 7 nitrogen and oxygen atoms in total. The van der Waals surface area contributed by atoms with Crippen molar-refractivity contribution in [1.82, 2.24) is 15.0 Å². The minimum absolute atomic E-state index is 0.148. The molecule has 1 heterocycles. The third-order valence-corrected chi connectivity index (χ3v) is 2.56. The first kappa shape index (κ1) is 13.0. The third kappa shape index (κ3) is 2.71. The Labute approximate surface area is 109 Å². The summed E-state index contributed by atoms with van der Waals surface area (Å²) in [6.07, 6.45) is -0.657. The number of aromatic nitrogens is 3. The largest absolute Gasteiger partial charge is 0.476 e. The van der Waals surface area contributed by atoms with Crippen molar-refractivity contribution < 1.29 is 15.0 Å². The molecule has 0 aliphatic heterocycles. The lowest BCUT2D eigenvalue weighted by molar-refractivity contribution is 0.0691. The van der Waals surface area contributed by atoms with Crippen LogP contribution in [0, 0.1) is 0 Å². The van der Waals surface area contributed by atoms with Crippen molar-refractivity contribution in [2.24, 2.45) is 0 Å². The van der Waals surface area contributed by atoms with Crippen LogP contribution in [0.2, 0.25) is 0 Å². The van der Waals surface area contributed by atoms with Gasteiger partial charge in [0.15, 0.2) is 5.69 Å². The van der Waals surface area contributed by atoms with E-state index in [9.17, 15) is 9.90 Å². The smallest absolute Gasteiger partial charge is 0.358 e. The number of aromatic carboxylic acids is 1. The number of carbonyl (C=O) groups is 1. The molecule has 7 heteroatoms. The Morgan fingerprint density at radius 2 is 2.05 bits per heavy atom. The van der Waals surface area contributed by atoms with Gasteiger partial charge in [-0.25, -0.2) is 9.48 Å². The van der Waals surface area contributed by atoms with E-state index in [-0.39, 0.29) is 12.2 Å². The molecule has 0 fully saturated rings. The summed E-state index contributed by atoms with van der Waals surface area (Å²) in [5.41, 5.74) is 7.02. The second kappa shape index (κ2) is 5.07. The molecular formula is C12H14N4O3. The zero-order valence-electron chi connectivity index (χ0n) is 10.3. The van der Waals surface area contributed by atoms with Crippen LogP contribution in [0.25, 0.3) is 11.3 Å². The third-order valence-electron chi connectivity index (χ3n) is 2.56. The van der Waals surface area contributed by atoms with E-state index < -0.39 is 12.1 Å². The molecule has 2 rings (SSSR count). The highest BCUT2D eigenvalue weighted by atomic mass is 16.4. The van der Waals surface area contributed by atoms with E-state index in [0.29, 0.717) is 16.9 Å². The van der Waals surface area contributed by atoms with Gasteiger partial charge in [-0.3, -0.25) is 0 Å². The van der Waals surface area contributed by atoms with E-state index in [1.54, 1.807) is 31.2 Å². The van der Waals surface area contributed by atoms with Crippen molar-refractivity contribution >= 4 is 11.7 Å². The van der Waals surface area contributed by atoms with Gasteiger partial charge in [0.25, 0.3) is 0 Å². The first-order chi connectivity index (χ1) is 8.99. The summed E-state index contributed by atoms with van der Waals surface area (Å²) in [5.74, 6) is -1.16. The van der Waals surface area contributed by atoms with Gasteiger partial charge in [-0.1, -0.05) is 17.3 Å². The van der Waals surface area contributed by atoms with E-state index in [1.165, 1.54) is 4.68 Å². The summed E-state index contributed by atoms with van der Waals surface area (Å²) >= 11 is 0. The van der Waals surface area contributed by atoms with Crippen LogP contribution in [0.1, 0.15) is 17.4 Å². The Hall–Kier alpha value is -2.41. The van der Waals surface area contributed by atoms with Crippen LogP contribution in [0.15, 0.2) is 24.3 Å². The Morgan fingerprint density at radius 1 is 1.42 bits per heavy atom. The molecule has 4 N–H and O–H groups in total. The fourth-order valence-corrected chi connectivity index (χ4v) is 1.76. The Bertz CT molecular complexity index is 590. The number of anilines is 1. The maximum Gasteiger partial charge on any atom is 0.358 e. The maximum atomic E-state index is 11.2. The summed E-state index contributed by atoms with van der Waals surface area (Å²) in [6.45, 7) is 1.76. The molecule has 0 spiro atoms. The number of carboxylic acids is 1. The number of nitrogens with zero attached hydrogens (tertiary/aromatic N) is 3. The van der Waals surface area contributed by atoms with Gasteiger partial charge in [0.05, 0.1) is 12.6 Å². The Kier molecular flexibility index (Phi) is 3.48. The number of rotatable bonds is 4. The van der Waals surface area contributed by atoms with Gasteiger partial charge in [0, 0.05) is 11.3 Å². The summed E-state index contributed by atoms with van der Waals surface area (Å²) in [7, 11) is 0. The molecule has 0 amide bonds. The molecule has 1 atom stereocenters. The normalized spacial score (nSPS) is 12.3. The first-order valence-corrected chi connectivity index (χ1v) is 5.70. The standard InChI is InChI=1S/C12H14N4O3/c1-7(17)6-16-11(10(12(18)19)14-15-16)8-2-4-9(13)5-3-8/h2-5,7,17H,6,13H2,1H3,(H,18,19). The van der Waals surface area contributed by atoms with Crippen molar-refractivity contribution in [3.8, 4) is 11.3 Å². The molecule has 0 radical (unpaired) electrons. The number of nitrogen functional groups attached to an aromatic ring is 1. The predicted molar refractivity (Wildman–Crippen MR) is 68.5 cm³/mol. The van der Waals surface area contributed by atoms with Gasteiger partial charge in [-0.05, 0) is 19.1 Å². The molecule has 0 aliphatic rings. The van der Waals surface area contributed by atoms with Gasteiger partial charge in [0.1, 0.15) is 5.69 Å². The van der Waals surface area contributed by atoms with E-state index in [4.69, 9.17) is 10.8 Å². The van der Waals surface area contributed by atoms with E-state index in [0.717, 1.165) is 0 Å². The van der Waals surface area contributed by atoms with Gasteiger partial charge in [0.2, 0.25) is 0 Å². The number of benzene rings is 1. The molecular weight excluding hydrogens is 248 g/mol. The molecule has 0 bridgehead atoms. The number of nitrogens with two attached hydrogens (primary N) is 1. The first-order valence-electron chi connectivity index (χ1n) is 5.70. The molecule has 19 heavy (non-hydrogen) atoms. The van der Waals surface area contributed by atoms with E-state index in [1.807, 2.05) is 0 Å². The van der Waals surface area contributed by atoms with Crippen molar-refractivity contribution in [3.05, 3.63) is 30.0 Å². The van der Waals surface area contributed by atoms with Crippen LogP contribution < -0.4 is 5.73 Å². The van der Waals surface area contributed by atoms with E-state index in [2.05, 4.69) is 10.3 Å². The highest BCUT2D eigenvalue weighted by molar-refractivity contribution is 5.92. The molecule has 2 aromatic rings. The number of hydrogen-bond acceptors (Lipinski definition) is 5. The Morgan fingerprint density at radius 3 is 2.58 bits per heavy atom. The molecule has 0 saturated carbocycles. The van der Waals surface area contributed by atoms with Crippen LogP contribution in [-0.2, 0) is 6.54 Å². The van der Waals surface area contributed by atoms with Gasteiger partial charge in [-0.2, -0.15) is 0 Å². The minimum Gasteiger partial charge on any atom is -0.476 e. The molecule has 0 saturated heterocycles. The topological polar surface area (TPSA) is 114 Å². The molecule has 1 unspecified atom stereocenters. The number of carboxylic acid groups (broad SMARTS) is 1. The van der Waals surface area contributed by atoms with Crippen molar-refractivity contribution in [1.29, 1.82) is 0 Å². The highest BCUT2D eigenvalue weighted by Crippen LogP contribution is 2.23. The van der Waals surface area contributed by atoms with Crippen molar-refractivity contribution in [2.75, 3.05) is 5.73 Å². The van der Waals surface area contributed by atoms with Crippen LogP contribution in [-0.4, -0.2) is 37.3 Å². The minimum atomic E-state index is -1.16. The quantitative estimate of drug-likeness (QED) is 0.695. The zero-order valence-corrected chi connectivity index (χ0v) is 10.3. The average molecular weight is 262 g/mol. The molecule has 1 aromatic heterocycles. The summed E-state index contributed by atoms with van der Waals surface area (Å²) in [5, 5.41) is 25.9. The Balaban J connectivity index is 2.54. The van der Waals surface area contributed by atoms with Gasteiger partial charge < -0.3 is 15.9 Å². The summed E-state index contributed by atoms with van der Waals surface area (Å²) < 4.78 is 1.37. The average Bonchev–Trinajstić information content (AvgIpc) is 2.73. The second-order valence-corrected chi connectivity index (χ2v) is 4.24. The molecule has 100 valence electrons. The van der Waals surface area contributed by atoms with Crippen molar-refractivity contribution in [3.63, 3.8) is 0 Å².